The zero-order chi connectivity index (χ0) is 23.1. The highest BCUT2D eigenvalue weighted by atomic mass is 35.5. The van der Waals surface area contributed by atoms with Crippen LogP contribution in [0.15, 0.2) is 61.4 Å². The smallest absolute Gasteiger partial charge is 0.257 e. The first-order chi connectivity index (χ1) is 15.9. The van der Waals surface area contributed by atoms with E-state index < -0.39 is 5.91 Å². The fourth-order valence-corrected chi connectivity index (χ4v) is 6.44. The number of carbonyl (C=O) groups is 1. The second kappa shape index (κ2) is 8.85. The number of thiophene rings is 1. The van der Waals surface area contributed by atoms with Crippen LogP contribution < -0.4 is 10.7 Å². The van der Waals surface area contributed by atoms with E-state index in [1.165, 1.54) is 6.07 Å². The zero-order valence-electron chi connectivity index (χ0n) is 17.9. The number of fused-ring (bicyclic) bond motifs is 3. The monoisotopic (exact) mass is 497 g/mol. The summed E-state index contributed by atoms with van der Waals surface area (Å²) in [6, 6.07) is 11.1. The van der Waals surface area contributed by atoms with Gasteiger partial charge < -0.3 is 14.4 Å². The number of benzene rings is 1. The SMILES string of the molecule is Cc1cc(CNC(=O)c2c3n(c(C)cc2=O)-c2ccc(Cl)cc2SC(c2ccsc2)C3)on1. The highest BCUT2D eigenvalue weighted by molar-refractivity contribution is 7.99. The number of thioether (sulfide) groups is 1. The van der Waals surface area contributed by atoms with E-state index in [0.29, 0.717) is 22.9 Å². The van der Waals surface area contributed by atoms with Gasteiger partial charge in [0, 0.05) is 45.1 Å². The van der Waals surface area contributed by atoms with Gasteiger partial charge in [0.15, 0.2) is 11.2 Å². The molecular formula is C24H20ClN3O3S2. The highest BCUT2D eigenvalue weighted by Gasteiger charge is 2.29. The number of nitrogens with one attached hydrogen (secondary N) is 1. The Bertz CT molecular complexity index is 1410. The van der Waals surface area contributed by atoms with E-state index >= 15 is 0 Å². The van der Waals surface area contributed by atoms with E-state index in [1.54, 1.807) is 29.2 Å². The summed E-state index contributed by atoms with van der Waals surface area (Å²) in [5.41, 5.74) is 4.12. The molecule has 3 aromatic heterocycles. The van der Waals surface area contributed by atoms with Gasteiger partial charge in [-0.2, -0.15) is 11.3 Å². The lowest BCUT2D eigenvalue weighted by Gasteiger charge is -2.19. The highest BCUT2D eigenvalue weighted by Crippen LogP contribution is 2.45. The second-order valence-electron chi connectivity index (χ2n) is 7.90. The molecule has 0 radical (unpaired) electrons. The van der Waals surface area contributed by atoms with Crippen molar-refractivity contribution >= 4 is 40.6 Å². The number of amides is 1. The summed E-state index contributed by atoms with van der Waals surface area (Å²) in [6.45, 7) is 3.85. The first-order valence-corrected chi connectivity index (χ1v) is 12.6. The molecule has 0 saturated carbocycles. The molecule has 0 spiro atoms. The van der Waals surface area contributed by atoms with Crippen LogP contribution in [0.2, 0.25) is 5.02 Å². The first kappa shape index (κ1) is 22.0. The summed E-state index contributed by atoms with van der Waals surface area (Å²) in [5, 5.41) is 11.5. The number of halogens is 1. The Morgan fingerprint density at radius 3 is 2.85 bits per heavy atom. The van der Waals surface area contributed by atoms with Gasteiger partial charge in [-0.3, -0.25) is 9.59 Å². The number of aromatic nitrogens is 2. The second-order valence-corrected chi connectivity index (χ2v) is 10.4. The van der Waals surface area contributed by atoms with Gasteiger partial charge in [0.1, 0.15) is 5.56 Å². The van der Waals surface area contributed by atoms with Crippen LogP contribution in [0.25, 0.3) is 5.69 Å². The number of pyridine rings is 1. The Hall–Kier alpha value is -2.81. The average molecular weight is 498 g/mol. The molecule has 6 nitrogen and oxygen atoms in total. The quantitative estimate of drug-likeness (QED) is 0.404. The van der Waals surface area contributed by atoms with Crippen molar-refractivity contribution in [3.63, 3.8) is 0 Å². The van der Waals surface area contributed by atoms with Crippen LogP contribution in [0.1, 0.15) is 44.0 Å². The van der Waals surface area contributed by atoms with E-state index in [4.69, 9.17) is 16.1 Å². The minimum absolute atomic E-state index is 0.0342. The molecule has 4 heterocycles. The third-order valence-electron chi connectivity index (χ3n) is 5.55. The van der Waals surface area contributed by atoms with Gasteiger partial charge in [0.2, 0.25) is 0 Å². The fourth-order valence-electron chi connectivity index (χ4n) is 4.10. The molecule has 1 atom stereocenters. The summed E-state index contributed by atoms with van der Waals surface area (Å²) < 4.78 is 7.21. The van der Waals surface area contributed by atoms with Crippen molar-refractivity contribution in [1.29, 1.82) is 0 Å². The molecule has 1 amide bonds. The summed E-state index contributed by atoms with van der Waals surface area (Å²) in [6.07, 6.45) is 0.523. The van der Waals surface area contributed by atoms with Crippen LogP contribution in [0.3, 0.4) is 0 Å². The van der Waals surface area contributed by atoms with Crippen molar-refractivity contribution in [3.8, 4) is 5.69 Å². The molecule has 0 bridgehead atoms. The topological polar surface area (TPSA) is 77.1 Å². The van der Waals surface area contributed by atoms with Crippen molar-refractivity contribution in [3.05, 3.63) is 96.4 Å². The maximum absolute atomic E-state index is 13.3. The number of rotatable bonds is 4. The van der Waals surface area contributed by atoms with E-state index in [1.807, 2.05) is 42.0 Å². The molecule has 1 aromatic carbocycles. The Labute approximate surface area is 203 Å². The maximum Gasteiger partial charge on any atom is 0.257 e. The van der Waals surface area contributed by atoms with Gasteiger partial charge in [0.25, 0.3) is 5.91 Å². The van der Waals surface area contributed by atoms with Gasteiger partial charge in [-0.05, 0) is 54.4 Å². The standard InChI is InChI=1S/C24H20ClN3O3S2/c1-13-7-17(31-27-13)11-26-24(30)23-19-10-21(15-5-6-32-12-15)33-22-9-16(25)3-4-18(22)28(19)14(2)8-20(23)29/h3-9,12,21H,10-11H2,1-2H3,(H,26,30). The summed E-state index contributed by atoms with van der Waals surface area (Å²) in [7, 11) is 0. The Morgan fingerprint density at radius 1 is 1.27 bits per heavy atom. The van der Waals surface area contributed by atoms with Gasteiger partial charge >= 0.3 is 0 Å². The minimum atomic E-state index is -0.427. The van der Waals surface area contributed by atoms with E-state index in [2.05, 4.69) is 21.9 Å². The molecule has 0 aliphatic carbocycles. The molecule has 1 aliphatic rings. The van der Waals surface area contributed by atoms with E-state index in [9.17, 15) is 9.59 Å². The maximum atomic E-state index is 13.3. The molecule has 4 aromatic rings. The Kier molecular flexibility index (Phi) is 5.90. The number of carbonyl (C=O) groups excluding carboxylic acids is 1. The molecule has 1 unspecified atom stereocenters. The number of hydrogen-bond acceptors (Lipinski definition) is 6. The summed E-state index contributed by atoms with van der Waals surface area (Å²) in [4.78, 5) is 27.4. The van der Waals surface area contributed by atoms with Crippen LogP contribution in [-0.4, -0.2) is 15.6 Å². The van der Waals surface area contributed by atoms with Crippen LogP contribution in [-0.2, 0) is 13.0 Å². The van der Waals surface area contributed by atoms with Crippen molar-refractivity contribution in [1.82, 2.24) is 15.0 Å². The third kappa shape index (κ3) is 4.26. The molecule has 9 heteroatoms. The predicted octanol–water partition coefficient (Wildman–Crippen LogP) is 5.48. The van der Waals surface area contributed by atoms with Gasteiger partial charge in [0.05, 0.1) is 17.9 Å². The molecule has 33 heavy (non-hydrogen) atoms. The molecular weight excluding hydrogens is 478 g/mol. The Balaban J connectivity index is 1.64. The first-order valence-electron chi connectivity index (χ1n) is 10.4. The van der Waals surface area contributed by atoms with Crippen molar-refractivity contribution in [2.75, 3.05) is 0 Å². The number of hydrogen-bond donors (Lipinski definition) is 1. The van der Waals surface area contributed by atoms with Crippen LogP contribution in [0, 0.1) is 13.8 Å². The normalized spacial score (nSPS) is 14.9. The lowest BCUT2D eigenvalue weighted by molar-refractivity contribution is 0.0944. The van der Waals surface area contributed by atoms with Gasteiger partial charge in [-0.1, -0.05) is 16.8 Å². The van der Waals surface area contributed by atoms with Crippen LogP contribution >= 0.6 is 34.7 Å². The largest absolute Gasteiger partial charge is 0.359 e. The average Bonchev–Trinajstić information content (AvgIpc) is 3.41. The molecule has 0 saturated heterocycles. The Morgan fingerprint density at radius 2 is 2.12 bits per heavy atom. The van der Waals surface area contributed by atoms with Gasteiger partial charge in [-0.15, -0.1) is 11.8 Å². The molecule has 5 rings (SSSR count). The summed E-state index contributed by atoms with van der Waals surface area (Å²) >= 11 is 9.65. The van der Waals surface area contributed by atoms with Crippen LogP contribution in [0.5, 0.6) is 0 Å². The van der Waals surface area contributed by atoms with Crippen molar-refractivity contribution in [2.45, 2.75) is 37.0 Å². The van der Waals surface area contributed by atoms with Crippen molar-refractivity contribution in [2.24, 2.45) is 0 Å². The van der Waals surface area contributed by atoms with Crippen LogP contribution in [0.4, 0.5) is 0 Å². The third-order valence-corrected chi connectivity index (χ3v) is 7.79. The lowest BCUT2D eigenvalue weighted by Crippen LogP contribution is -2.32. The zero-order valence-corrected chi connectivity index (χ0v) is 20.3. The van der Waals surface area contributed by atoms with E-state index in [-0.39, 0.29) is 22.8 Å². The number of aryl methyl sites for hydroxylation is 2. The van der Waals surface area contributed by atoms with Crippen molar-refractivity contribution < 1.29 is 9.32 Å². The number of nitrogens with zero attached hydrogens (tertiary/aromatic N) is 2. The summed E-state index contributed by atoms with van der Waals surface area (Å²) in [5.74, 6) is 0.107. The molecule has 0 fully saturated rings. The molecule has 1 N–H and O–H groups in total. The lowest BCUT2D eigenvalue weighted by atomic mass is 10.0. The molecule has 1 aliphatic heterocycles. The predicted molar refractivity (Wildman–Crippen MR) is 131 cm³/mol. The fraction of sp³-hybridized carbons (Fsp3) is 0.208. The molecule has 168 valence electrons. The van der Waals surface area contributed by atoms with Gasteiger partial charge in [-0.25, -0.2) is 0 Å². The van der Waals surface area contributed by atoms with E-state index in [0.717, 1.165) is 27.5 Å². The minimum Gasteiger partial charge on any atom is -0.359 e.